The summed E-state index contributed by atoms with van der Waals surface area (Å²) < 4.78 is 3.46. The van der Waals surface area contributed by atoms with Crippen LogP contribution in [-0.4, -0.2) is 43.9 Å². The maximum absolute atomic E-state index is 14.1. The molecule has 3 aromatic carbocycles. The van der Waals surface area contributed by atoms with Gasteiger partial charge in [-0.2, -0.15) is 5.10 Å². The van der Waals surface area contributed by atoms with Crippen LogP contribution < -0.4 is 17.0 Å². The van der Waals surface area contributed by atoms with Crippen molar-refractivity contribution in [3.8, 4) is 16.9 Å². The zero-order chi connectivity index (χ0) is 29.5. The highest BCUT2D eigenvalue weighted by molar-refractivity contribution is 6.07. The number of hydrogen-bond acceptors (Lipinski definition) is 7. The van der Waals surface area contributed by atoms with Gasteiger partial charge < -0.3 is 11.5 Å². The number of para-hydroxylation sites is 1. The highest BCUT2D eigenvalue weighted by Crippen LogP contribution is 2.34. The quantitative estimate of drug-likeness (QED) is 0.225. The number of benzene rings is 3. The van der Waals surface area contributed by atoms with Crippen molar-refractivity contribution in [3.63, 3.8) is 0 Å². The topological polar surface area (TPSA) is 142 Å². The van der Waals surface area contributed by atoms with E-state index in [1.165, 1.54) is 6.33 Å². The number of rotatable bonds is 6. The standard InChI is InChI=1S/C32H29N9O/c1-18-8-5-6-11-25(18)41-22(14-20-10-7-9-19(2)26(20)32(41)42)16-40-31(36-4)27(30(34)35-3)28(39-40)21-12-13-24-23(15-21)29(33)38-17-37-24/h5-15,17H,4,16H2,1-3H3,(H2,34,35)(H2,33,37,38). The fourth-order valence-electron chi connectivity index (χ4n) is 5.43. The minimum Gasteiger partial charge on any atom is -0.383 e. The predicted molar refractivity (Wildman–Crippen MR) is 169 cm³/mol. The second-order valence-electron chi connectivity index (χ2n) is 10.1. The van der Waals surface area contributed by atoms with Crippen LogP contribution in [0.3, 0.4) is 0 Å². The normalized spacial score (nSPS) is 11.8. The van der Waals surface area contributed by atoms with Gasteiger partial charge in [0.25, 0.3) is 5.56 Å². The number of anilines is 1. The Morgan fingerprint density at radius 3 is 2.55 bits per heavy atom. The number of nitrogens with zero attached hydrogens (tertiary/aromatic N) is 7. The van der Waals surface area contributed by atoms with Crippen LogP contribution in [0.25, 0.3) is 38.6 Å². The SMILES string of the molecule is C=Nc1c(C(N)=NC)c(-c2ccc3ncnc(N)c3c2)nn1Cc1cc2cccc(C)c2c(=O)n1-c1ccccc1C. The molecule has 3 heterocycles. The van der Waals surface area contributed by atoms with Crippen LogP contribution in [0, 0.1) is 13.8 Å². The molecule has 0 aliphatic carbocycles. The van der Waals surface area contributed by atoms with Gasteiger partial charge in [0, 0.05) is 23.7 Å². The first-order chi connectivity index (χ1) is 20.3. The average molecular weight is 556 g/mol. The minimum absolute atomic E-state index is 0.102. The van der Waals surface area contributed by atoms with Gasteiger partial charge in [-0.1, -0.05) is 42.5 Å². The Hall–Kier alpha value is -5.64. The van der Waals surface area contributed by atoms with Crippen LogP contribution in [0.2, 0.25) is 0 Å². The van der Waals surface area contributed by atoms with Crippen molar-refractivity contribution in [1.82, 2.24) is 24.3 Å². The summed E-state index contributed by atoms with van der Waals surface area (Å²) in [7, 11) is 1.61. The summed E-state index contributed by atoms with van der Waals surface area (Å²) in [5.41, 5.74) is 18.4. The summed E-state index contributed by atoms with van der Waals surface area (Å²) in [6, 6.07) is 21.3. The molecule has 0 bridgehead atoms. The molecule has 6 aromatic rings. The number of nitrogens with two attached hydrogens (primary N) is 2. The zero-order valence-corrected chi connectivity index (χ0v) is 23.5. The maximum atomic E-state index is 14.1. The molecule has 208 valence electrons. The van der Waals surface area contributed by atoms with Gasteiger partial charge in [0.1, 0.15) is 23.7 Å². The van der Waals surface area contributed by atoms with Gasteiger partial charge in [0.05, 0.1) is 28.7 Å². The number of aryl methyl sites for hydroxylation is 2. The van der Waals surface area contributed by atoms with Crippen molar-refractivity contribution < 1.29 is 0 Å². The number of nitrogen functional groups attached to an aromatic ring is 1. The highest BCUT2D eigenvalue weighted by atomic mass is 16.1. The van der Waals surface area contributed by atoms with E-state index in [1.807, 2.05) is 80.6 Å². The first-order valence-electron chi connectivity index (χ1n) is 13.3. The molecule has 0 aliphatic heterocycles. The predicted octanol–water partition coefficient (Wildman–Crippen LogP) is 4.71. The molecule has 42 heavy (non-hydrogen) atoms. The molecule has 0 fully saturated rings. The van der Waals surface area contributed by atoms with Crippen molar-refractivity contribution in [2.24, 2.45) is 15.7 Å². The lowest BCUT2D eigenvalue weighted by Crippen LogP contribution is -2.25. The van der Waals surface area contributed by atoms with Gasteiger partial charge in [-0.3, -0.25) is 14.4 Å². The lowest BCUT2D eigenvalue weighted by molar-refractivity contribution is 0.661. The van der Waals surface area contributed by atoms with E-state index in [2.05, 4.69) is 26.7 Å². The molecule has 0 atom stereocenters. The Bertz CT molecular complexity index is 2120. The summed E-state index contributed by atoms with van der Waals surface area (Å²) in [6.45, 7) is 7.98. The van der Waals surface area contributed by atoms with Crippen LogP contribution in [0.4, 0.5) is 11.6 Å². The van der Waals surface area contributed by atoms with Crippen LogP contribution in [0.1, 0.15) is 22.4 Å². The first kappa shape index (κ1) is 26.6. The first-order valence-corrected chi connectivity index (χ1v) is 13.3. The molecule has 4 N–H and O–H groups in total. The summed E-state index contributed by atoms with van der Waals surface area (Å²) in [6.07, 6.45) is 1.43. The van der Waals surface area contributed by atoms with Gasteiger partial charge in [-0.15, -0.1) is 0 Å². The Kier molecular flexibility index (Phi) is 6.58. The second-order valence-corrected chi connectivity index (χ2v) is 10.1. The van der Waals surface area contributed by atoms with Crippen molar-refractivity contribution in [2.45, 2.75) is 20.4 Å². The lowest BCUT2D eigenvalue weighted by Gasteiger charge is -2.18. The van der Waals surface area contributed by atoms with Crippen LogP contribution in [0.15, 0.2) is 87.8 Å². The van der Waals surface area contributed by atoms with Gasteiger partial charge >= 0.3 is 0 Å². The molecule has 10 heteroatoms. The van der Waals surface area contributed by atoms with Crippen molar-refractivity contribution in [2.75, 3.05) is 12.8 Å². The fraction of sp³-hybridized carbons (Fsp3) is 0.125. The number of aromatic nitrogens is 5. The number of hydrogen-bond donors (Lipinski definition) is 2. The van der Waals surface area contributed by atoms with E-state index in [9.17, 15) is 4.79 Å². The molecule has 0 radical (unpaired) electrons. The number of amidine groups is 1. The summed E-state index contributed by atoms with van der Waals surface area (Å²) >= 11 is 0. The third-order valence-corrected chi connectivity index (χ3v) is 7.51. The Labute approximate surface area is 241 Å². The minimum atomic E-state index is -0.102. The van der Waals surface area contributed by atoms with Crippen LogP contribution in [-0.2, 0) is 6.54 Å². The zero-order valence-electron chi connectivity index (χ0n) is 23.5. The van der Waals surface area contributed by atoms with Crippen molar-refractivity contribution in [1.29, 1.82) is 0 Å². The van der Waals surface area contributed by atoms with Gasteiger partial charge in [0.15, 0.2) is 5.82 Å². The van der Waals surface area contributed by atoms with E-state index in [0.717, 1.165) is 33.5 Å². The Balaban J connectivity index is 1.61. The van der Waals surface area contributed by atoms with E-state index < -0.39 is 0 Å². The van der Waals surface area contributed by atoms with Crippen molar-refractivity contribution >= 4 is 45.9 Å². The highest BCUT2D eigenvalue weighted by Gasteiger charge is 2.24. The third kappa shape index (κ3) is 4.29. The fourth-order valence-corrected chi connectivity index (χ4v) is 5.43. The Morgan fingerprint density at radius 1 is 1.00 bits per heavy atom. The van der Waals surface area contributed by atoms with Gasteiger partial charge in [-0.25, -0.2) is 19.6 Å². The van der Waals surface area contributed by atoms with E-state index in [0.29, 0.717) is 39.2 Å². The van der Waals surface area contributed by atoms with E-state index in [4.69, 9.17) is 16.6 Å². The molecule has 0 aliphatic rings. The summed E-state index contributed by atoms with van der Waals surface area (Å²) in [5.74, 6) is 1.04. The van der Waals surface area contributed by atoms with Crippen LogP contribution in [0.5, 0.6) is 0 Å². The van der Waals surface area contributed by atoms with Gasteiger partial charge in [-0.05, 0) is 61.3 Å². The smallest absolute Gasteiger partial charge is 0.263 e. The summed E-state index contributed by atoms with van der Waals surface area (Å²) in [5, 5.41) is 7.17. The second kappa shape index (κ2) is 10.4. The Morgan fingerprint density at radius 2 is 1.79 bits per heavy atom. The number of pyridine rings is 1. The molecule has 0 unspecified atom stereocenters. The molecule has 3 aromatic heterocycles. The monoisotopic (exact) mass is 555 g/mol. The number of fused-ring (bicyclic) bond motifs is 2. The summed E-state index contributed by atoms with van der Waals surface area (Å²) in [4.78, 5) is 31.1. The lowest BCUT2D eigenvalue weighted by atomic mass is 10.0. The largest absolute Gasteiger partial charge is 0.383 e. The molecule has 0 spiro atoms. The maximum Gasteiger partial charge on any atom is 0.263 e. The molecule has 0 saturated carbocycles. The molecule has 0 saturated heterocycles. The molecule has 0 amide bonds. The van der Waals surface area contributed by atoms with Crippen LogP contribution >= 0.6 is 0 Å². The van der Waals surface area contributed by atoms with E-state index >= 15 is 0 Å². The van der Waals surface area contributed by atoms with E-state index in [-0.39, 0.29) is 17.9 Å². The third-order valence-electron chi connectivity index (χ3n) is 7.51. The van der Waals surface area contributed by atoms with E-state index in [1.54, 1.807) is 16.3 Å². The molecular formula is C32H29N9O. The molecule has 6 rings (SSSR count). The molecule has 10 nitrogen and oxygen atoms in total. The average Bonchev–Trinajstić information content (AvgIpc) is 3.35. The molecular weight excluding hydrogens is 526 g/mol. The van der Waals surface area contributed by atoms with Gasteiger partial charge in [0.2, 0.25) is 0 Å². The van der Waals surface area contributed by atoms with Crippen molar-refractivity contribution in [3.05, 3.63) is 106 Å². The number of aliphatic imine (C=N–C) groups is 2.